The highest BCUT2D eigenvalue weighted by Gasteiger charge is 2.35. The Morgan fingerprint density at radius 3 is 2.53 bits per heavy atom. The van der Waals surface area contributed by atoms with Crippen LogP contribution in [-0.4, -0.2) is 42.5 Å². The summed E-state index contributed by atoms with van der Waals surface area (Å²) in [5, 5.41) is 2.94. The molecule has 2 aromatic rings. The molecule has 4 rings (SSSR count). The van der Waals surface area contributed by atoms with E-state index in [2.05, 4.69) is 34.2 Å². The fraction of sp³-hybridized carbons (Fsp3) is 0.480. The van der Waals surface area contributed by atoms with E-state index in [9.17, 15) is 9.18 Å². The highest BCUT2D eigenvalue weighted by molar-refractivity contribution is 5.89. The summed E-state index contributed by atoms with van der Waals surface area (Å²) in [4.78, 5) is 16.7. The predicted octanol–water partition coefficient (Wildman–Crippen LogP) is 4.63. The van der Waals surface area contributed by atoms with E-state index in [1.54, 1.807) is 19.1 Å². The standard InChI is InChI=1S/C25H32FN3O/c1-3-23-16-20-6-9-22(27-18(2)30)17-25(20)29(23)24-11-14-28(15-12-24)13-10-19-4-7-21(26)8-5-19/h4-9,17,23-24H,3,10-16H2,1-2H3,(H,27,30). The van der Waals surface area contributed by atoms with E-state index in [4.69, 9.17) is 0 Å². The van der Waals surface area contributed by atoms with Gasteiger partial charge in [0.1, 0.15) is 5.82 Å². The molecular formula is C25H32FN3O. The number of anilines is 2. The van der Waals surface area contributed by atoms with Gasteiger partial charge in [0.25, 0.3) is 0 Å². The summed E-state index contributed by atoms with van der Waals surface area (Å²) in [5.41, 5.74) is 4.79. The van der Waals surface area contributed by atoms with Gasteiger partial charge in [-0.2, -0.15) is 0 Å². The van der Waals surface area contributed by atoms with Gasteiger partial charge in [-0.1, -0.05) is 25.1 Å². The number of piperidine rings is 1. The normalized spacial score (nSPS) is 19.7. The molecule has 2 aliphatic rings. The summed E-state index contributed by atoms with van der Waals surface area (Å²) in [6, 6.07) is 14.3. The summed E-state index contributed by atoms with van der Waals surface area (Å²) >= 11 is 0. The largest absolute Gasteiger partial charge is 0.365 e. The molecule has 0 spiro atoms. The number of rotatable bonds is 6. The average Bonchev–Trinajstić information content (AvgIpc) is 3.11. The molecule has 1 fully saturated rings. The molecule has 0 bridgehead atoms. The molecule has 1 saturated heterocycles. The van der Waals surface area contributed by atoms with Crippen molar-refractivity contribution in [2.75, 3.05) is 29.9 Å². The first-order chi connectivity index (χ1) is 14.5. The van der Waals surface area contributed by atoms with Crippen molar-refractivity contribution < 1.29 is 9.18 Å². The van der Waals surface area contributed by atoms with Gasteiger partial charge in [0.15, 0.2) is 0 Å². The Morgan fingerprint density at radius 1 is 1.13 bits per heavy atom. The van der Waals surface area contributed by atoms with E-state index in [1.165, 1.54) is 16.8 Å². The molecule has 1 unspecified atom stereocenters. The topological polar surface area (TPSA) is 35.6 Å². The van der Waals surface area contributed by atoms with Gasteiger partial charge in [-0.25, -0.2) is 4.39 Å². The van der Waals surface area contributed by atoms with Crippen LogP contribution in [0.25, 0.3) is 0 Å². The molecule has 0 aromatic heterocycles. The minimum atomic E-state index is -0.169. The van der Waals surface area contributed by atoms with Crippen LogP contribution in [0.4, 0.5) is 15.8 Å². The molecule has 1 atom stereocenters. The molecule has 30 heavy (non-hydrogen) atoms. The molecule has 1 N–H and O–H groups in total. The molecular weight excluding hydrogens is 377 g/mol. The number of nitrogens with one attached hydrogen (secondary N) is 1. The van der Waals surface area contributed by atoms with Gasteiger partial charge in [0, 0.05) is 50.0 Å². The molecule has 0 aliphatic carbocycles. The Morgan fingerprint density at radius 2 is 1.87 bits per heavy atom. The van der Waals surface area contributed by atoms with Gasteiger partial charge in [0.05, 0.1) is 0 Å². The molecule has 1 amide bonds. The van der Waals surface area contributed by atoms with Gasteiger partial charge in [-0.15, -0.1) is 0 Å². The maximum Gasteiger partial charge on any atom is 0.221 e. The first kappa shape index (κ1) is 20.9. The lowest BCUT2D eigenvalue weighted by Crippen LogP contribution is -2.48. The van der Waals surface area contributed by atoms with Gasteiger partial charge in [0.2, 0.25) is 5.91 Å². The fourth-order valence-electron chi connectivity index (χ4n) is 5.00. The van der Waals surface area contributed by atoms with Crippen LogP contribution in [0.2, 0.25) is 0 Å². The lowest BCUT2D eigenvalue weighted by Gasteiger charge is -2.41. The van der Waals surface area contributed by atoms with Crippen molar-refractivity contribution in [1.82, 2.24) is 4.90 Å². The number of nitrogens with zero attached hydrogens (tertiary/aromatic N) is 2. The molecule has 4 nitrogen and oxygen atoms in total. The van der Waals surface area contributed by atoms with E-state index in [0.29, 0.717) is 12.1 Å². The third-order valence-corrected chi connectivity index (χ3v) is 6.58. The second-order valence-corrected chi connectivity index (χ2v) is 8.65. The van der Waals surface area contributed by atoms with E-state index < -0.39 is 0 Å². The Labute approximate surface area is 179 Å². The number of benzene rings is 2. The summed E-state index contributed by atoms with van der Waals surface area (Å²) < 4.78 is 13.1. The molecule has 160 valence electrons. The second-order valence-electron chi connectivity index (χ2n) is 8.65. The minimum absolute atomic E-state index is 0.0269. The van der Waals surface area contributed by atoms with E-state index in [1.807, 2.05) is 18.2 Å². The number of likely N-dealkylation sites (tertiary alicyclic amines) is 1. The number of amides is 1. The zero-order valence-electron chi connectivity index (χ0n) is 18.0. The van der Waals surface area contributed by atoms with Crippen molar-refractivity contribution in [3.8, 4) is 0 Å². The fourth-order valence-corrected chi connectivity index (χ4v) is 5.00. The summed E-state index contributed by atoms with van der Waals surface area (Å²) in [7, 11) is 0. The Hall–Kier alpha value is -2.40. The van der Waals surface area contributed by atoms with Crippen LogP contribution in [0, 0.1) is 5.82 Å². The lowest BCUT2D eigenvalue weighted by atomic mass is 10.00. The van der Waals surface area contributed by atoms with E-state index in [-0.39, 0.29) is 11.7 Å². The highest BCUT2D eigenvalue weighted by atomic mass is 19.1. The van der Waals surface area contributed by atoms with Crippen molar-refractivity contribution in [1.29, 1.82) is 0 Å². The monoisotopic (exact) mass is 409 g/mol. The Balaban J connectivity index is 1.38. The zero-order valence-corrected chi connectivity index (χ0v) is 18.0. The predicted molar refractivity (Wildman–Crippen MR) is 121 cm³/mol. The first-order valence-corrected chi connectivity index (χ1v) is 11.2. The number of hydrogen-bond acceptors (Lipinski definition) is 3. The highest BCUT2D eigenvalue weighted by Crippen LogP contribution is 2.39. The van der Waals surface area contributed by atoms with E-state index in [0.717, 1.165) is 57.4 Å². The third-order valence-electron chi connectivity index (χ3n) is 6.58. The maximum atomic E-state index is 13.1. The Bertz CT molecular complexity index is 874. The third kappa shape index (κ3) is 4.67. The average molecular weight is 410 g/mol. The summed E-state index contributed by atoms with van der Waals surface area (Å²) in [6.45, 7) is 7.05. The van der Waals surface area contributed by atoms with Crippen molar-refractivity contribution in [2.45, 2.75) is 58.0 Å². The van der Waals surface area contributed by atoms with Crippen molar-refractivity contribution in [3.63, 3.8) is 0 Å². The van der Waals surface area contributed by atoms with Gasteiger partial charge in [-0.3, -0.25) is 4.79 Å². The van der Waals surface area contributed by atoms with Crippen LogP contribution in [0.5, 0.6) is 0 Å². The van der Waals surface area contributed by atoms with Crippen LogP contribution in [0.15, 0.2) is 42.5 Å². The number of carbonyl (C=O) groups excluding carboxylic acids is 1. The minimum Gasteiger partial charge on any atom is -0.365 e. The van der Waals surface area contributed by atoms with E-state index >= 15 is 0 Å². The molecule has 2 heterocycles. The maximum absolute atomic E-state index is 13.1. The molecule has 0 radical (unpaired) electrons. The lowest BCUT2D eigenvalue weighted by molar-refractivity contribution is -0.114. The van der Waals surface area contributed by atoms with Gasteiger partial charge >= 0.3 is 0 Å². The van der Waals surface area contributed by atoms with Crippen LogP contribution in [0.3, 0.4) is 0 Å². The number of carbonyl (C=O) groups is 1. The molecule has 0 saturated carbocycles. The van der Waals surface area contributed by atoms with Crippen LogP contribution < -0.4 is 10.2 Å². The Kier molecular flexibility index (Phi) is 6.38. The smallest absolute Gasteiger partial charge is 0.221 e. The number of fused-ring (bicyclic) bond motifs is 1. The van der Waals surface area contributed by atoms with Crippen molar-refractivity contribution in [2.24, 2.45) is 0 Å². The number of hydrogen-bond donors (Lipinski definition) is 1. The SMILES string of the molecule is CCC1Cc2ccc(NC(C)=O)cc2N1C1CCN(CCc2ccc(F)cc2)CC1. The summed E-state index contributed by atoms with van der Waals surface area (Å²) in [6.07, 6.45) is 5.51. The molecule has 2 aromatic carbocycles. The van der Waals surface area contributed by atoms with Crippen LogP contribution in [-0.2, 0) is 17.6 Å². The van der Waals surface area contributed by atoms with Gasteiger partial charge < -0.3 is 15.1 Å². The quantitative estimate of drug-likeness (QED) is 0.755. The van der Waals surface area contributed by atoms with Crippen LogP contribution >= 0.6 is 0 Å². The van der Waals surface area contributed by atoms with Crippen LogP contribution in [0.1, 0.15) is 44.2 Å². The summed E-state index contributed by atoms with van der Waals surface area (Å²) in [5.74, 6) is -0.196. The molecule has 5 heteroatoms. The second kappa shape index (κ2) is 9.17. The first-order valence-electron chi connectivity index (χ1n) is 11.2. The number of halogens is 1. The van der Waals surface area contributed by atoms with Crippen molar-refractivity contribution in [3.05, 3.63) is 59.4 Å². The molecule has 2 aliphatic heterocycles. The van der Waals surface area contributed by atoms with Crippen molar-refractivity contribution >= 4 is 17.3 Å². The zero-order chi connectivity index (χ0) is 21.1. The van der Waals surface area contributed by atoms with Gasteiger partial charge in [-0.05, 0) is 67.5 Å².